The van der Waals surface area contributed by atoms with Gasteiger partial charge in [0.2, 0.25) is 0 Å². The summed E-state index contributed by atoms with van der Waals surface area (Å²) in [6, 6.07) is 0. The molecule has 0 saturated heterocycles. The van der Waals surface area contributed by atoms with Crippen LogP contribution in [0.2, 0.25) is 0 Å². The van der Waals surface area contributed by atoms with Crippen LogP contribution in [0, 0.1) is 0 Å². The van der Waals surface area contributed by atoms with Crippen molar-refractivity contribution in [2.24, 2.45) is 0 Å². The maximum atomic E-state index is 4.87. The van der Waals surface area contributed by atoms with E-state index in [1.165, 1.54) is 5.57 Å². The molecule has 0 aliphatic heterocycles. The zero-order valence-corrected chi connectivity index (χ0v) is 8.05. The second kappa shape index (κ2) is 5.19. The summed E-state index contributed by atoms with van der Waals surface area (Å²) >= 11 is 0. The molecule has 1 aliphatic carbocycles. The Kier molecular flexibility index (Phi) is 3.82. The number of carbonyl (C=O) groups excluding carboxylic acids is 1. The summed E-state index contributed by atoms with van der Waals surface area (Å²) in [5.74, 6) is 2.56. The van der Waals surface area contributed by atoms with E-state index in [0.717, 1.165) is 12.0 Å². The highest BCUT2D eigenvalue weighted by Gasteiger charge is 1.94. The summed E-state index contributed by atoms with van der Waals surface area (Å²) < 4.78 is 4.87. The molecule has 0 aromatic rings. The van der Waals surface area contributed by atoms with Crippen LogP contribution >= 0.6 is 0 Å². The predicted octanol–water partition coefficient (Wildman–Crippen LogP) is 2.52. The lowest BCUT2D eigenvalue weighted by atomic mass is 10.0. The average Bonchev–Trinajstić information content (AvgIpc) is 2.15. The van der Waals surface area contributed by atoms with Gasteiger partial charge in [0, 0.05) is 12.5 Å². The Morgan fingerprint density at radius 3 is 2.92 bits per heavy atom. The molecule has 0 heterocycles. The summed E-state index contributed by atoms with van der Waals surface area (Å²) in [6.45, 7) is 4.62. The molecular weight excluding hydrogens is 160 g/mol. The lowest BCUT2D eigenvalue weighted by molar-refractivity contribution is 0.128. The van der Waals surface area contributed by atoms with E-state index in [9.17, 15) is 0 Å². The summed E-state index contributed by atoms with van der Waals surface area (Å²) in [5.41, 5.74) is 8.11. The van der Waals surface area contributed by atoms with Crippen molar-refractivity contribution >= 4 is 5.94 Å². The van der Waals surface area contributed by atoms with Gasteiger partial charge in [0.1, 0.15) is 0 Å². The van der Waals surface area contributed by atoms with Gasteiger partial charge in [0.05, 0.1) is 5.73 Å². The molecule has 0 fully saturated rings. The topological polar surface area (TPSA) is 11.3 Å². The van der Waals surface area contributed by atoms with Crippen molar-refractivity contribution in [3.63, 3.8) is 0 Å². The third-order valence-electron chi connectivity index (χ3n) is 1.68. The Morgan fingerprint density at radius 1 is 1.46 bits per heavy atom. The van der Waals surface area contributed by atoms with Crippen LogP contribution in [0.3, 0.4) is 0 Å². The number of hydrogen-bond acceptors (Lipinski definition) is 0. The third-order valence-corrected chi connectivity index (χ3v) is 1.68. The van der Waals surface area contributed by atoms with Crippen molar-refractivity contribution in [3.8, 4) is 0 Å². The van der Waals surface area contributed by atoms with Crippen LogP contribution in [0.25, 0.3) is 0 Å². The van der Waals surface area contributed by atoms with Crippen LogP contribution in [-0.2, 0) is 4.42 Å². The first-order valence-electron chi connectivity index (χ1n) is 4.41. The maximum absolute atomic E-state index is 4.87. The fourth-order valence-corrected chi connectivity index (χ4v) is 0.946. The van der Waals surface area contributed by atoms with Gasteiger partial charge in [-0.1, -0.05) is 23.8 Å². The van der Waals surface area contributed by atoms with Crippen molar-refractivity contribution in [1.29, 1.82) is 0 Å². The van der Waals surface area contributed by atoms with Gasteiger partial charge in [-0.3, -0.25) is 0 Å². The second-order valence-electron chi connectivity index (χ2n) is 2.80. The van der Waals surface area contributed by atoms with Gasteiger partial charge >= 0.3 is 5.94 Å². The van der Waals surface area contributed by atoms with Gasteiger partial charge in [-0.05, 0) is 19.1 Å². The summed E-state index contributed by atoms with van der Waals surface area (Å²) in [4.78, 5) is 0. The first kappa shape index (κ1) is 9.58. The second-order valence-corrected chi connectivity index (χ2v) is 2.80. The highest BCUT2D eigenvalue weighted by atomic mass is 16.4. The molecule has 0 spiro atoms. The van der Waals surface area contributed by atoms with Gasteiger partial charge < -0.3 is 0 Å². The molecule has 0 unspecified atom stereocenters. The van der Waals surface area contributed by atoms with Crippen LogP contribution in [0.15, 0.2) is 40.8 Å². The fraction of sp³-hybridized carbons (Fsp3) is 0.333. The van der Waals surface area contributed by atoms with E-state index in [-0.39, 0.29) is 0 Å². The Labute approximate surface area is 78.8 Å². The molecule has 0 atom stereocenters. The minimum Gasteiger partial charge on any atom is -0.195 e. The maximum Gasteiger partial charge on any atom is 0.407 e. The molecule has 1 nitrogen and oxygen atoms in total. The lowest BCUT2D eigenvalue weighted by Gasteiger charge is -2.00. The first-order chi connectivity index (χ1) is 6.33. The Hall–Kier alpha value is -1.51. The molecule has 0 N–H and O–H groups in total. The third kappa shape index (κ3) is 3.60. The molecule has 1 heteroatoms. The first-order valence-corrected chi connectivity index (χ1v) is 4.41. The van der Waals surface area contributed by atoms with Gasteiger partial charge in [-0.2, -0.15) is 4.42 Å². The van der Waals surface area contributed by atoms with Crippen molar-refractivity contribution in [3.05, 3.63) is 40.8 Å². The summed E-state index contributed by atoms with van der Waals surface area (Å²) in [5, 5.41) is 0. The van der Waals surface area contributed by atoms with Crippen LogP contribution in [0.5, 0.6) is 0 Å². The zero-order valence-electron chi connectivity index (χ0n) is 8.05. The summed E-state index contributed by atoms with van der Waals surface area (Å²) in [6.07, 6.45) is 7.18. The molecule has 1 aliphatic rings. The quantitative estimate of drug-likeness (QED) is 0.328. The highest BCUT2D eigenvalue weighted by Crippen LogP contribution is 2.12. The molecule has 1 rings (SSSR count). The largest absolute Gasteiger partial charge is 0.407 e. The lowest BCUT2D eigenvalue weighted by Crippen LogP contribution is -1.81. The van der Waals surface area contributed by atoms with Gasteiger partial charge in [0.25, 0.3) is 6.61 Å². The van der Waals surface area contributed by atoms with Crippen molar-refractivity contribution in [2.75, 3.05) is 6.61 Å². The number of rotatable bonds is 1. The SMILES string of the molecule is CC[O+]=C=C=C=C1C=CC(C)=CC1. The normalized spacial score (nSPS) is 14.0. The van der Waals surface area contributed by atoms with E-state index < -0.39 is 0 Å². The zero-order chi connectivity index (χ0) is 9.52. The van der Waals surface area contributed by atoms with Gasteiger partial charge in [0.15, 0.2) is 0 Å². The standard InChI is InChI=1S/C12H13O/c1-3-13-10-4-5-12-8-6-11(2)7-9-12/h6-8H,3,9H2,1-2H3/q+1. The van der Waals surface area contributed by atoms with E-state index in [2.05, 4.69) is 36.5 Å². The van der Waals surface area contributed by atoms with E-state index in [4.69, 9.17) is 4.42 Å². The molecule has 66 valence electrons. The van der Waals surface area contributed by atoms with Gasteiger partial charge in [-0.15, -0.1) is 0 Å². The molecular formula is C12H13O+. The van der Waals surface area contributed by atoms with E-state index in [1.54, 1.807) is 0 Å². The van der Waals surface area contributed by atoms with Crippen LogP contribution < -0.4 is 0 Å². The monoisotopic (exact) mass is 173 g/mol. The minimum absolute atomic E-state index is 0.624. The van der Waals surface area contributed by atoms with Crippen molar-refractivity contribution in [1.82, 2.24) is 0 Å². The predicted molar refractivity (Wildman–Crippen MR) is 54.3 cm³/mol. The number of allylic oxidation sites excluding steroid dienone is 5. The van der Waals surface area contributed by atoms with Crippen molar-refractivity contribution < 1.29 is 4.42 Å². The van der Waals surface area contributed by atoms with Crippen LogP contribution in [-0.4, -0.2) is 12.5 Å². The molecule has 0 aromatic carbocycles. The smallest absolute Gasteiger partial charge is 0.195 e. The Balaban J connectivity index is 2.82. The van der Waals surface area contributed by atoms with Gasteiger partial charge in [-0.25, -0.2) is 0 Å². The Bertz CT molecular complexity index is 364. The highest BCUT2D eigenvalue weighted by molar-refractivity contribution is 5.45. The number of hydrogen-bond donors (Lipinski definition) is 0. The Morgan fingerprint density at radius 2 is 2.31 bits per heavy atom. The molecule has 13 heavy (non-hydrogen) atoms. The minimum atomic E-state index is 0.624. The van der Waals surface area contributed by atoms with Crippen LogP contribution in [0.4, 0.5) is 0 Å². The molecule has 0 radical (unpaired) electrons. The van der Waals surface area contributed by atoms with Crippen molar-refractivity contribution in [2.45, 2.75) is 20.3 Å². The van der Waals surface area contributed by atoms with E-state index in [1.807, 2.05) is 13.0 Å². The molecule has 0 bridgehead atoms. The summed E-state index contributed by atoms with van der Waals surface area (Å²) in [7, 11) is 0. The fourth-order valence-electron chi connectivity index (χ4n) is 0.946. The molecule has 0 saturated carbocycles. The molecule has 0 amide bonds. The van der Waals surface area contributed by atoms with Crippen LogP contribution in [0.1, 0.15) is 20.3 Å². The average molecular weight is 173 g/mol. The van der Waals surface area contributed by atoms with E-state index in [0.29, 0.717) is 6.61 Å². The van der Waals surface area contributed by atoms with E-state index >= 15 is 0 Å². The molecule has 0 aromatic heterocycles.